The number of pyridine rings is 1. The van der Waals surface area contributed by atoms with Gasteiger partial charge in [-0.25, -0.2) is 0 Å². The number of fused-ring (bicyclic) bond motifs is 1. The Bertz CT molecular complexity index is 517. The number of carbonyl (C=O) groups is 1. The molecule has 3 heterocycles. The second kappa shape index (κ2) is 4.57. The third-order valence-electron chi connectivity index (χ3n) is 3.68. The van der Waals surface area contributed by atoms with Crippen molar-refractivity contribution in [2.75, 3.05) is 19.8 Å². The number of nitrogens with one attached hydrogen (secondary N) is 1. The number of aromatic amines is 1. The Kier molecular flexibility index (Phi) is 2.91. The lowest BCUT2D eigenvalue weighted by Crippen LogP contribution is -2.40. The van der Waals surface area contributed by atoms with Gasteiger partial charge >= 0.3 is 0 Å². The summed E-state index contributed by atoms with van der Waals surface area (Å²) in [5.41, 5.74) is 1.94. The van der Waals surface area contributed by atoms with Gasteiger partial charge in [0.2, 0.25) is 11.5 Å². The van der Waals surface area contributed by atoms with E-state index in [1.165, 1.54) is 6.07 Å². The summed E-state index contributed by atoms with van der Waals surface area (Å²) in [6.07, 6.45) is 1.55. The molecule has 2 aliphatic heterocycles. The lowest BCUT2D eigenvalue weighted by Gasteiger charge is -2.30. The zero-order valence-corrected chi connectivity index (χ0v) is 10.1. The predicted molar refractivity (Wildman–Crippen MR) is 65.1 cm³/mol. The molecule has 96 valence electrons. The van der Waals surface area contributed by atoms with Crippen molar-refractivity contribution in [1.29, 1.82) is 0 Å². The second-order valence-corrected chi connectivity index (χ2v) is 4.90. The van der Waals surface area contributed by atoms with Gasteiger partial charge in [0.25, 0.3) is 0 Å². The summed E-state index contributed by atoms with van der Waals surface area (Å²) >= 11 is 0. The van der Waals surface area contributed by atoms with Gasteiger partial charge in [0.1, 0.15) is 0 Å². The van der Waals surface area contributed by atoms with Crippen LogP contribution in [0.3, 0.4) is 0 Å². The van der Waals surface area contributed by atoms with Gasteiger partial charge in [-0.2, -0.15) is 0 Å². The molecule has 1 atom stereocenters. The molecule has 0 spiro atoms. The lowest BCUT2D eigenvalue weighted by atomic mass is 10.0. The van der Waals surface area contributed by atoms with Gasteiger partial charge in [0.15, 0.2) is 0 Å². The number of ether oxygens (including phenoxy) is 1. The first-order valence-electron chi connectivity index (χ1n) is 6.31. The Morgan fingerprint density at radius 1 is 1.44 bits per heavy atom. The van der Waals surface area contributed by atoms with Crippen LogP contribution < -0.4 is 5.56 Å². The minimum absolute atomic E-state index is 0.0225. The van der Waals surface area contributed by atoms with Crippen LogP contribution in [-0.4, -0.2) is 35.5 Å². The molecule has 1 fully saturated rings. The fraction of sp³-hybridized carbons (Fsp3) is 0.538. The van der Waals surface area contributed by atoms with E-state index in [0.29, 0.717) is 26.3 Å². The van der Waals surface area contributed by atoms with Crippen molar-refractivity contribution in [3.05, 3.63) is 33.7 Å². The summed E-state index contributed by atoms with van der Waals surface area (Å²) in [7, 11) is 0. The van der Waals surface area contributed by atoms with Crippen molar-refractivity contribution < 1.29 is 9.53 Å². The van der Waals surface area contributed by atoms with Crippen LogP contribution in [0.4, 0.5) is 0 Å². The SMILES string of the molecule is O=C(C1CCOC1)N1CCc2[nH]c(=O)ccc2C1. The van der Waals surface area contributed by atoms with E-state index in [9.17, 15) is 9.59 Å². The Morgan fingerprint density at radius 2 is 2.33 bits per heavy atom. The average molecular weight is 248 g/mol. The van der Waals surface area contributed by atoms with E-state index in [2.05, 4.69) is 4.98 Å². The van der Waals surface area contributed by atoms with E-state index in [-0.39, 0.29) is 17.4 Å². The molecule has 0 bridgehead atoms. The zero-order chi connectivity index (χ0) is 12.5. The molecule has 1 N–H and O–H groups in total. The molecule has 0 aromatic carbocycles. The van der Waals surface area contributed by atoms with E-state index in [4.69, 9.17) is 4.74 Å². The first kappa shape index (κ1) is 11.5. The zero-order valence-electron chi connectivity index (χ0n) is 10.1. The monoisotopic (exact) mass is 248 g/mol. The van der Waals surface area contributed by atoms with Crippen LogP contribution in [0.1, 0.15) is 17.7 Å². The van der Waals surface area contributed by atoms with Gasteiger partial charge in [0, 0.05) is 37.9 Å². The van der Waals surface area contributed by atoms with Crippen LogP contribution in [-0.2, 0) is 22.5 Å². The molecule has 0 saturated carbocycles. The Labute approximate surface area is 105 Å². The first-order valence-corrected chi connectivity index (χ1v) is 6.31. The molecule has 5 nitrogen and oxygen atoms in total. The van der Waals surface area contributed by atoms with Gasteiger partial charge < -0.3 is 14.6 Å². The van der Waals surface area contributed by atoms with Gasteiger partial charge in [-0.15, -0.1) is 0 Å². The molecule has 5 heteroatoms. The minimum Gasteiger partial charge on any atom is -0.381 e. The maximum absolute atomic E-state index is 12.3. The van der Waals surface area contributed by atoms with Crippen molar-refractivity contribution in [2.24, 2.45) is 5.92 Å². The topological polar surface area (TPSA) is 62.4 Å². The minimum atomic E-state index is -0.0716. The highest BCUT2D eigenvalue weighted by molar-refractivity contribution is 5.79. The van der Waals surface area contributed by atoms with Crippen molar-refractivity contribution >= 4 is 5.91 Å². The fourth-order valence-electron chi connectivity index (χ4n) is 2.63. The molecule has 1 unspecified atom stereocenters. The number of hydrogen-bond acceptors (Lipinski definition) is 3. The molecule has 1 aromatic heterocycles. The third-order valence-corrected chi connectivity index (χ3v) is 3.68. The first-order chi connectivity index (χ1) is 8.74. The lowest BCUT2D eigenvalue weighted by molar-refractivity contribution is -0.136. The number of aromatic nitrogens is 1. The summed E-state index contributed by atoms with van der Waals surface area (Å²) in [5, 5.41) is 0. The number of rotatable bonds is 1. The van der Waals surface area contributed by atoms with Gasteiger partial charge in [0.05, 0.1) is 12.5 Å². The molecule has 0 radical (unpaired) electrons. The highest BCUT2D eigenvalue weighted by atomic mass is 16.5. The highest BCUT2D eigenvalue weighted by Gasteiger charge is 2.30. The molecule has 3 rings (SSSR count). The molecule has 0 aliphatic carbocycles. The molecular weight excluding hydrogens is 232 g/mol. The van der Waals surface area contributed by atoms with Crippen LogP contribution >= 0.6 is 0 Å². The normalized spacial score (nSPS) is 22.9. The number of H-pyrrole nitrogens is 1. The molecule has 1 amide bonds. The average Bonchev–Trinajstić information content (AvgIpc) is 2.91. The predicted octanol–water partition coefficient (Wildman–Crippen LogP) is 0.296. The summed E-state index contributed by atoms with van der Waals surface area (Å²) in [6.45, 7) is 2.52. The van der Waals surface area contributed by atoms with Crippen LogP contribution in [0.15, 0.2) is 16.9 Å². The van der Waals surface area contributed by atoms with Gasteiger partial charge in [-0.1, -0.05) is 6.07 Å². The van der Waals surface area contributed by atoms with Crippen LogP contribution in [0.5, 0.6) is 0 Å². The second-order valence-electron chi connectivity index (χ2n) is 4.90. The van der Waals surface area contributed by atoms with E-state index in [0.717, 1.165) is 24.1 Å². The van der Waals surface area contributed by atoms with Gasteiger partial charge in [-0.05, 0) is 12.0 Å². The Balaban J connectivity index is 1.76. The van der Waals surface area contributed by atoms with E-state index in [1.807, 2.05) is 11.0 Å². The van der Waals surface area contributed by atoms with Crippen molar-refractivity contribution in [3.8, 4) is 0 Å². The third kappa shape index (κ3) is 2.06. The Hall–Kier alpha value is -1.62. The fourth-order valence-corrected chi connectivity index (χ4v) is 2.63. The quantitative estimate of drug-likeness (QED) is 0.777. The largest absolute Gasteiger partial charge is 0.381 e. The smallest absolute Gasteiger partial charge is 0.248 e. The van der Waals surface area contributed by atoms with E-state index < -0.39 is 0 Å². The van der Waals surface area contributed by atoms with Crippen molar-refractivity contribution in [2.45, 2.75) is 19.4 Å². The van der Waals surface area contributed by atoms with E-state index in [1.54, 1.807) is 0 Å². The summed E-state index contributed by atoms with van der Waals surface area (Å²) < 4.78 is 5.26. The number of hydrogen-bond donors (Lipinski definition) is 1. The maximum atomic E-state index is 12.3. The molecule has 2 aliphatic rings. The Morgan fingerprint density at radius 3 is 3.11 bits per heavy atom. The van der Waals surface area contributed by atoms with Crippen LogP contribution in [0.25, 0.3) is 0 Å². The molecule has 1 aromatic rings. The van der Waals surface area contributed by atoms with Crippen LogP contribution in [0, 0.1) is 5.92 Å². The van der Waals surface area contributed by atoms with Crippen molar-refractivity contribution in [1.82, 2.24) is 9.88 Å². The summed E-state index contributed by atoms with van der Waals surface area (Å²) in [5.74, 6) is 0.207. The van der Waals surface area contributed by atoms with Crippen LogP contribution in [0.2, 0.25) is 0 Å². The van der Waals surface area contributed by atoms with Gasteiger partial charge in [-0.3, -0.25) is 9.59 Å². The summed E-state index contributed by atoms with van der Waals surface area (Å²) in [6, 6.07) is 3.34. The standard InChI is InChI=1S/C13H16N2O3/c16-12-2-1-9-7-15(5-3-11(9)14-12)13(17)10-4-6-18-8-10/h1-2,10H,3-8H2,(H,14,16). The molecule has 1 saturated heterocycles. The highest BCUT2D eigenvalue weighted by Crippen LogP contribution is 2.21. The van der Waals surface area contributed by atoms with Crippen molar-refractivity contribution in [3.63, 3.8) is 0 Å². The number of carbonyl (C=O) groups excluding carboxylic acids is 1. The summed E-state index contributed by atoms with van der Waals surface area (Å²) in [4.78, 5) is 28.2. The number of amides is 1. The maximum Gasteiger partial charge on any atom is 0.248 e. The molecular formula is C13H16N2O3. The molecule has 18 heavy (non-hydrogen) atoms. The van der Waals surface area contributed by atoms with E-state index >= 15 is 0 Å². The number of nitrogens with zero attached hydrogens (tertiary/aromatic N) is 1.